The van der Waals surface area contributed by atoms with Crippen LogP contribution in [0.15, 0.2) is 46.1 Å². The van der Waals surface area contributed by atoms with Gasteiger partial charge in [-0.1, -0.05) is 0 Å². The smallest absolute Gasteiger partial charge is 0.238 e. The van der Waals surface area contributed by atoms with Crippen LogP contribution in [0, 0.1) is 0 Å². The number of primary sulfonamides is 1. The normalized spacial score (nSPS) is 11.4. The summed E-state index contributed by atoms with van der Waals surface area (Å²) in [6.07, 6.45) is 3.15. The lowest BCUT2D eigenvalue weighted by Gasteiger charge is -2.09. The highest BCUT2D eigenvalue weighted by Gasteiger charge is 2.10. The molecule has 0 aliphatic heterocycles. The van der Waals surface area contributed by atoms with Crippen molar-refractivity contribution in [3.63, 3.8) is 0 Å². The number of hydrogen-bond acceptors (Lipinski definition) is 5. The van der Waals surface area contributed by atoms with Crippen molar-refractivity contribution in [2.75, 3.05) is 11.1 Å². The van der Waals surface area contributed by atoms with Crippen molar-refractivity contribution in [3.05, 3.63) is 42.4 Å². The first-order valence-electron chi connectivity index (χ1n) is 5.14. The number of sulfonamides is 1. The third-order valence-electron chi connectivity index (χ3n) is 2.42. The molecule has 0 aliphatic rings. The maximum atomic E-state index is 11.2. The van der Waals surface area contributed by atoms with E-state index in [1.54, 1.807) is 18.6 Å². The third kappa shape index (κ3) is 2.82. The zero-order valence-corrected chi connectivity index (χ0v) is 10.3. The number of benzene rings is 1. The van der Waals surface area contributed by atoms with Crippen LogP contribution in [0.3, 0.4) is 0 Å². The summed E-state index contributed by atoms with van der Waals surface area (Å²) < 4.78 is 27.4. The van der Waals surface area contributed by atoms with Crippen LogP contribution in [0.25, 0.3) is 0 Å². The number of furan rings is 1. The van der Waals surface area contributed by atoms with Crippen molar-refractivity contribution in [3.8, 4) is 0 Å². The summed E-state index contributed by atoms with van der Waals surface area (Å²) in [6, 6.07) is 6.07. The fourth-order valence-corrected chi connectivity index (χ4v) is 2.00. The zero-order chi connectivity index (χ0) is 13.2. The van der Waals surface area contributed by atoms with E-state index in [0.29, 0.717) is 17.9 Å². The molecule has 2 aromatic rings. The molecule has 7 heteroatoms. The Kier molecular flexibility index (Phi) is 3.26. The average molecular weight is 267 g/mol. The van der Waals surface area contributed by atoms with Gasteiger partial charge in [0.25, 0.3) is 0 Å². The number of rotatable bonds is 4. The van der Waals surface area contributed by atoms with E-state index in [9.17, 15) is 8.42 Å². The summed E-state index contributed by atoms with van der Waals surface area (Å²) in [5.74, 6) is 0. The summed E-state index contributed by atoms with van der Waals surface area (Å²) in [7, 11) is -3.73. The molecule has 18 heavy (non-hydrogen) atoms. The topological polar surface area (TPSA) is 111 Å². The molecule has 0 aliphatic carbocycles. The van der Waals surface area contributed by atoms with Crippen LogP contribution in [0.2, 0.25) is 0 Å². The number of nitrogen functional groups attached to an aromatic ring is 1. The number of anilines is 2. The lowest BCUT2D eigenvalue weighted by Crippen LogP contribution is -2.13. The predicted molar refractivity (Wildman–Crippen MR) is 68.3 cm³/mol. The minimum atomic E-state index is -3.73. The molecule has 0 radical (unpaired) electrons. The lowest BCUT2D eigenvalue weighted by atomic mass is 10.2. The first kappa shape index (κ1) is 12.5. The largest absolute Gasteiger partial charge is 0.472 e. The second-order valence-corrected chi connectivity index (χ2v) is 5.34. The quantitative estimate of drug-likeness (QED) is 0.719. The number of nitrogens with two attached hydrogens (primary N) is 2. The Hall–Kier alpha value is -1.99. The van der Waals surface area contributed by atoms with E-state index in [1.165, 1.54) is 18.2 Å². The summed E-state index contributed by atoms with van der Waals surface area (Å²) in [5.41, 5.74) is 7.64. The van der Waals surface area contributed by atoms with E-state index < -0.39 is 10.0 Å². The molecule has 0 fully saturated rings. The maximum Gasteiger partial charge on any atom is 0.238 e. The van der Waals surface area contributed by atoms with Crippen LogP contribution in [-0.2, 0) is 16.6 Å². The highest BCUT2D eigenvalue weighted by Crippen LogP contribution is 2.22. The van der Waals surface area contributed by atoms with Crippen molar-refractivity contribution in [1.82, 2.24) is 0 Å². The van der Waals surface area contributed by atoms with Crippen LogP contribution >= 0.6 is 0 Å². The van der Waals surface area contributed by atoms with Crippen LogP contribution in [-0.4, -0.2) is 8.42 Å². The molecule has 0 atom stereocenters. The highest BCUT2D eigenvalue weighted by atomic mass is 32.2. The Morgan fingerprint density at radius 3 is 2.67 bits per heavy atom. The Balaban J connectivity index is 2.22. The molecular formula is C11H13N3O3S. The lowest BCUT2D eigenvalue weighted by molar-refractivity contribution is 0.564. The van der Waals surface area contributed by atoms with Gasteiger partial charge in [-0.25, -0.2) is 13.6 Å². The molecule has 6 nitrogen and oxygen atoms in total. The van der Waals surface area contributed by atoms with Crippen molar-refractivity contribution < 1.29 is 12.8 Å². The number of nitrogens with one attached hydrogen (secondary N) is 1. The van der Waals surface area contributed by atoms with Gasteiger partial charge in [-0.3, -0.25) is 0 Å². The first-order valence-corrected chi connectivity index (χ1v) is 6.69. The molecule has 0 saturated heterocycles. The summed E-state index contributed by atoms with van der Waals surface area (Å²) in [5, 5.41) is 8.08. The zero-order valence-electron chi connectivity index (χ0n) is 9.46. The van der Waals surface area contributed by atoms with E-state index in [2.05, 4.69) is 5.32 Å². The van der Waals surface area contributed by atoms with Crippen molar-refractivity contribution >= 4 is 21.4 Å². The Morgan fingerprint density at radius 1 is 1.28 bits per heavy atom. The molecule has 0 saturated carbocycles. The third-order valence-corrected chi connectivity index (χ3v) is 3.33. The van der Waals surface area contributed by atoms with Gasteiger partial charge < -0.3 is 15.5 Å². The summed E-state index contributed by atoms with van der Waals surface area (Å²) >= 11 is 0. The molecular weight excluding hydrogens is 254 g/mol. The highest BCUT2D eigenvalue weighted by molar-refractivity contribution is 7.89. The van der Waals surface area contributed by atoms with Gasteiger partial charge in [-0.15, -0.1) is 0 Å². The van der Waals surface area contributed by atoms with Gasteiger partial charge in [0.15, 0.2) is 0 Å². The van der Waals surface area contributed by atoms with Crippen molar-refractivity contribution in [2.45, 2.75) is 11.4 Å². The van der Waals surface area contributed by atoms with Gasteiger partial charge in [0.2, 0.25) is 10.0 Å². The van der Waals surface area contributed by atoms with E-state index in [4.69, 9.17) is 15.3 Å². The second-order valence-electron chi connectivity index (χ2n) is 3.78. The molecule has 0 spiro atoms. The second kappa shape index (κ2) is 4.71. The van der Waals surface area contributed by atoms with Gasteiger partial charge in [-0.05, 0) is 24.3 Å². The van der Waals surface area contributed by atoms with Crippen LogP contribution in [0.1, 0.15) is 5.56 Å². The molecule has 0 unspecified atom stereocenters. The van der Waals surface area contributed by atoms with Gasteiger partial charge in [0.05, 0.1) is 28.8 Å². The number of hydrogen-bond donors (Lipinski definition) is 3. The summed E-state index contributed by atoms with van der Waals surface area (Å²) in [6.45, 7) is 0.481. The standard InChI is InChI=1S/C11H13N3O3S/c12-10-2-1-9(18(13,15)16)5-11(10)14-6-8-3-4-17-7-8/h1-5,7,14H,6,12H2,(H2,13,15,16). The molecule has 96 valence electrons. The molecule has 1 aromatic heterocycles. The molecule has 5 N–H and O–H groups in total. The first-order chi connectivity index (χ1) is 8.47. The average Bonchev–Trinajstić information content (AvgIpc) is 2.79. The molecule has 0 amide bonds. The van der Waals surface area contributed by atoms with Crippen LogP contribution < -0.4 is 16.2 Å². The fourth-order valence-electron chi connectivity index (χ4n) is 1.46. The van der Waals surface area contributed by atoms with E-state index in [1.807, 2.05) is 0 Å². The van der Waals surface area contributed by atoms with Crippen LogP contribution in [0.4, 0.5) is 11.4 Å². The molecule has 1 aromatic carbocycles. The Bertz CT molecular complexity index is 636. The molecule has 1 heterocycles. The van der Waals surface area contributed by atoms with E-state index in [0.717, 1.165) is 5.56 Å². The summed E-state index contributed by atoms with van der Waals surface area (Å²) in [4.78, 5) is 0.0198. The predicted octanol–water partition coefficient (Wildman–Crippen LogP) is 1.12. The molecule has 2 rings (SSSR count). The van der Waals surface area contributed by atoms with Gasteiger partial charge in [0, 0.05) is 12.1 Å². The van der Waals surface area contributed by atoms with Crippen molar-refractivity contribution in [1.29, 1.82) is 0 Å². The SMILES string of the molecule is Nc1ccc(S(N)(=O)=O)cc1NCc1ccoc1. The van der Waals surface area contributed by atoms with E-state index in [-0.39, 0.29) is 4.90 Å². The minimum Gasteiger partial charge on any atom is -0.472 e. The molecule has 0 bridgehead atoms. The Morgan fingerprint density at radius 2 is 2.06 bits per heavy atom. The van der Waals surface area contributed by atoms with Crippen molar-refractivity contribution in [2.24, 2.45) is 5.14 Å². The maximum absolute atomic E-state index is 11.2. The van der Waals surface area contributed by atoms with E-state index >= 15 is 0 Å². The monoisotopic (exact) mass is 267 g/mol. The Labute approximate surface area is 105 Å². The fraction of sp³-hybridized carbons (Fsp3) is 0.0909. The van der Waals surface area contributed by atoms with Gasteiger partial charge >= 0.3 is 0 Å². The van der Waals surface area contributed by atoms with Crippen LogP contribution in [0.5, 0.6) is 0 Å². The minimum absolute atomic E-state index is 0.0198. The van der Waals surface area contributed by atoms with Gasteiger partial charge in [-0.2, -0.15) is 0 Å². The van der Waals surface area contributed by atoms with Gasteiger partial charge in [0.1, 0.15) is 0 Å².